The molecule has 4 rings (SSSR count). The summed E-state index contributed by atoms with van der Waals surface area (Å²) in [4.78, 5) is 47.1. The number of nitrogens with zero attached hydrogens (tertiary/aromatic N) is 4. The molecule has 1 aliphatic carbocycles. The van der Waals surface area contributed by atoms with E-state index in [0.29, 0.717) is 37.7 Å². The zero-order valence-corrected chi connectivity index (χ0v) is 16.1. The summed E-state index contributed by atoms with van der Waals surface area (Å²) in [6, 6.07) is 0. The number of hydrogen-bond donors (Lipinski definition) is 0. The molecule has 144 valence electrons. The third kappa shape index (κ3) is 3.20. The molecular formula is C18H22N4O4S. The highest BCUT2D eigenvalue weighted by Crippen LogP contribution is 2.28. The monoisotopic (exact) mass is 390 g/mol. The van der Waals surface area contributed by atoms with Crippen molar-refractivity contribution in [2.75, 3.05) is 32.8 Å². The molecule has 2 amide bonds. The fraction of sp³-hybridized carbons (Fsp3) is 0.556. The summed E-state index contributed by atoms with van der Waals surface area (Å²) in [5.41, 5.74) is 0.834. The zero-order chi connectivity index (χ0) is 19.0. The SMILES string of the molecule is CCOC(=O)N1CCN(C(=O)c2cnc3sc4c(n3c2=O)CCCC4)CC1. The summed E-state index contributed by atoms with van der Waals surface area (Å²) in [6.45, 7) is 3.64. The Morgan fingerprint density at radius 1 is 1.15 bits per heavy atom. The number of ether oxygens (including phenoxy) is 1. The van der Waals surface area contributed by atoms with Crippen LogP contribution in [0.25, 0.3) is 4.96 Å². The van der Waals surface area contributed by atoms with E-state index in [-0.39, 0.29) is 23.1 Å². The molecule has 1 saturated heterocycles. The summed E-state index contributed by atoms with van der Waals surface area (Å²) < 4.78 is 6.62. The van der Waals surface area contributed by atoms with Gasteiger partial charge in [-0.15, -0.1) is 11.3 Å². The van der Waals surface area contributed by atoms with E-state index in [1.807, 2.05) is 0 Å². The third-order valence-corrected chi connectivity index (χ3v) is 6.28. The van der Waals surface area contributed by atoms with E-state index < -0.39 is 0 Å². The second-order valence-electron chi connectivity index (χ2n) is 6.75. The average molecular weight is 390 g/mol. The van der Waals surface area contributed by atoms with Crippen LogP contribution in [-0.2, 0) is 17.6 Å². The van der Waals surface area contributed by atoms with Crippen LogP contribution in [0.3, 0.4) is 0 Å². The molecular weight excluding hydrogens is 368 g/mol. The third-order valence-electron chi connectivity index (χ3n) is 5.13. The van der Waals surface area contributed by atoms with Crippen LogP contribution in [0.15, 0.2) is 11.0 Å². The van der Waals surface area contributed by atoms with Crippen molar-refractivity contribution >= 4 is 28.3 Å². The van der Waals surface area contributed by atoms with Gasteiger partial charge in [-0.1, -0.05) is 0 Å². The summed E-state index contributed by atoms with van der Waals surface area (Å²) >= 11 is 1.55. The van der Waals surface area contributed by atoms with Gasteiger partial charge in [0.1, 0.15) is 5.56 Å². The molecule has 1 fully saturated rings. The molecule has 1 aliphatic heterocycles. The topological polar surface area (TPSA) is 84.2 Å². The van der Waals surface area contributed by atoms with Gasteiger partial charge >= 0.3 is 6.09 Å². The average Bonchev–Trinajstić information content (AvgIpc) is 3.07. The first kappa shape index (κ1) is 18.0. The highest BCUT2D eigenvalue weighted by molar-refractivity contribution is 7.17. The van der Waals surface area contributed by atoms with E-state index in [4.69, 9.17) is 4.74 Å². The van der Waals surface area contributed by atoms with Crippen LogP contribution >= 0.6 is 11.3 Å². The first-order valence-electron chi connectivity index (χ1n) is 9.33. The standard InChI is InChI=1S/C18H22N4O4S/c1-2-26-18(25)21-9-7-20(8-10-21)15(23)12-11-19-17-22(16(12)24)13-5-3-4-6-14(13)27-17/h11H,2-10H2,1H3. The normalized spacial score (nSPS) is 17.1. The Bertz CT molecular complexity index is 943. The van der Waals surface area contributed by atoms with E-state index in [1.54, 1.807) is 32.5 Å². The van der Waals surface area contributed by atoms with Gasteiger partial charge < -0.3 is 14.5 Å². The van der Waals surface area contributed by atoms with Crippen LogP contribution in [-0.4, -0.2) is 64.0 Å². The number of piperazine rings is 1. The molecule has 2 aromatic heterocycles. The maximum absolute atomic E-state index is 13.0. The van der Waals surface area contributed by atoms with Crippen LogP contribution < -0.4 is 5.56 Å². The highest BCUT2D eigenvalue weighted by atomic mass is 32.1. The van der Waals surface area contributed by atoms with Crippen LogP contribution in [0.4, 0.5) is 4.79 Å². The molecule has 0 saturated carbocycles. The molecule has 3 heterocycles. The van der Waals surface area contributed by atoms with Crippen molar-refractivity contribution in [1.82, 2.24) is 19.2 Å². The molecule has 8 nitrogen and oxygen atoms in total. The Labute approximate surface area is 160 Å². The van der Waals surface area contributed by atoms with Crippen LogP contribution in [0.2, 0.25) is 0 Å². The summed E-state index contributed by atoms with van der Waals surface area (Å²) in [6.07, 6.45) is 5.05. The van der Waals surface area contributed by atoms with Gasteiger partial charge in [-0.2, -0.15) is 0 Å². The Morgan fingerprint density at radius 3 is 2.59 bits per heavy atom. The largest absolute Gasteiger partial charge is 0.450 e. The molecule has 0 bridgehead atoms. The number of aryl methyl sites for hydroxylation is 2. The number of hydrogen-bond acceptors (Lipinski definition) is 6. The molecule has 0 unspecified atom stereocenters. The van der Waals surface area contributed by atoms with Gasteiger partial charge in [-0.25, -0.2) is 9.78 Å². The lowest BCUT2D eigenvalue weighted by Crippen LogP contribution is -2.51. The lowest BCUT2D eigenvalue weighted by molar-refractivity contribution is 0.0568. The Hall–Kier alpha value is -2.42. The molecule has 2 aliphatic rings. The van der Waals surface area contributed by atoms with Gasteiger partial charge in [0.2, 0.25) is 0 Å². The quantitative estimate of drug-likeness (QED) is 0.777. The van der Waals surface area contributed by atoms with Gasteiger partial charge in [-0.05, 0) is 32.6 Å². The highest BCUT2D eigenvalue weighted by Gasteiger charge is 2.28. The minimum Gasteiger partial charge on any atom is -0.450 e. The van der Waals surface area contributed by atoms with E-state index in [1.165, 1.54) is 11.1 Å². The number of thiazole rings is 1. The van der Waals surface area contributed by atoms with E-state index in [0.717, 1.165) is 31.4 Å². The van der Waals surface area contributed by atoms with Gasteiger partial charge in [0.05, 0.1) is 6.61 Å². The Kier molecular flexibility index (Phi) is 4.86. The second kappa shape index (κ2) is 7.30. The fourth-order valence-corrected chi connectivity index (χ4v) is 4.86. The molecule has 2 aromatic rings. The number of rotatable bonds is 2. The van der Waals surface area contributed by atoms with Gasteiger partial charge in [0, 0.05) is 42.9 Å². The first-order chi connectivity index (χ1) is 13.1. The molecule has 0 N–H and O–H groups in total. The molecule has 0 spiro atoms. The van der Waals surface area contributed by atoms with E-state index in [2.05, 4.69) is 4.98 Å². The molecule has 0 aromatic carbocycles. The lowest BCUT2D eigenvalue weighted by Gasteiger charge is -2.33. The van der Waals surface area contributed by atoms with Crippen LogP contribution in [0.1, 0.15) is 40.7 Å². The Morgan fingerprint density at radius 2 is 1.85 bits per heavy atom. The van der Waals surface area contributed by atoms with Crippen molar-refractivity contribution in [2.45, 2.75) is 32.6 Å². The van der Waals surface area contributed by atoms with Crippen LogP contribution in [0, 0.1) is 0 Å². The van der Waals surface area contributed by atoms with Gasteiger partial charge in [-0.3, -0.25) is 14.0 Å². The minimum atomic E-state index is -0.363. The summed E-state index contributed by atoms with van der Waals surface area (Å²) in [5, 5.41) is 0. The van der Waals surface area contributed by atoms with Crippen molar-refractivity contribution in [2.24, 2.45) is 0 Å². The van der Waals surface area contributed by atoms with Gasteiger partial charge in [0.15, 0.2) is 4.96 Å². The fourth-order valence-electron chi connectivity index (χ4n) is 3.69. The van der Waals surface area contributed by atoms with E-state index >= 15 is 0 Å². The number of carbonyl (C=O) groups is 2. The Balaban J connectivity index is 1.56. The number of aromatic nitrogens is 2. The first-order valence-corrected chi connectivity index (χ1v) is 10.1. The number of amides is 2. The maximum Gasteiger partial charge on any atom is 0.409 e. The molecule has 27 heavy (non-hydrogen) atoms. The predicted octanol–water partition coefficient (Wildman–Crippen LogP) is 1.55. The van der Waals surface area contributed by atoms with Crippen molar-refractivity contribution < 1.29 is 14.3 Å². The molecule has 0 atom stereocenters. The summed E-state index contributed by atoms with van der Waals surface area (Å²) in [5.74, 6) is -0.318. The molecule has 9 heteroatoms. The smallest absolute Gasteiger partial charge is 0.409 e. The van der Waals surface area contributed by atoms with Crippen molar-refractivity contribution in [3.8, 4) is 0 Å². The second-order valence-corrected chi connectivity index (χ2v) is 7.81. The van der Waals surface area contributed by atoms with E-state index in [9.17, 15) is 14.4 Å². The van der Waals surface area contributed by atoms with Crippen molar-refractivity contribution in [3.05, 3.63) is 32.7 Å². The maximum atomic E-state index is 13.0. The van der Waals surface area contributed by atoms with Crippen molar-refractivity contribution in [3.63, 3.8) is 0 Å². The van der Waals surface area contributed by atoms with Gasteiger partial charge in [0.25, 0.3) is 11.5 Å². The predicted molar refractivity (Wildman–Crippen MR) is 100 cm³/mol. The number of fused-ring (bicyclic) bond motifs is 3. The zero-order valence-electron chi connectivity index (χ0n) is 15.3. The minimum absolute atomic E-state index is 0.100. The lowest BCUT2D eigenvalue weighted by atomic mass is 10.0. The molecule has 0 radical (unpaired) electrons. The number of carbonyl (C=O) groups excluding carboxylic acids is 2. The van der Waals surface area contributed by atoms with Crippen molar-refractivity contribution in [1.29, 1.82) is 0 Å². The van der Waals surface area contributed by atoms with Crippen LogP contribution in [0.5, 0.6) is 0 Å². The summed E-state index contributed by atoms with van der Waals surface area (Å²) in [7, 11) is 0.